The summed E-state index contributed by atoms with van der Waals surface area (Å²) in [5.74, 6) is 1.51. The molecule has 5 rings (SSSR count). The number of imidazole rings is 1. The first-order valence-electron chi connectivity index (χ1n) is 12.3. The van der Waals surface area contributed by atoms with Crippen LogP contribution in [0.25, 0.3) is 17.2 Å². The fourth-order valence-corrected chi connectivity index (χ4v) is 4.85. The minimum absolute atomic E-state index is 0.0513. The molecule has 0 bridgehead atoms. The molecule has 3 heterocycles. The van der Waals surface area contributed by atoms with Gasteiger partial charge in [0.05, 0.1) is 7.11 Å². The normalized spacial score (nSPS) is 14.6. The molecule has 2 aromatic carbocycles. The highest BCUT2D eigenvalue weighted by molar-refractivity contribution is 5.91. The Hall–Kier alpha value is -4.00. The molecule has 0 saturated carbocycles. The lowest BCUT2D eigenvalue weighted by atomic mass is 10.0. The number of aryl methyl sites for hydroxylation is 2. The number of benzene rings is 2. The van der Waals surface area contributed by atoms with Gasteiger partial charge in [0.2, 0.25) is 5.91 Å². The topological polar surface area (TPSA) is 60.3 Å². The van der Waals surface area contributed by atoms with E-state index in [2.05, 4.69) is 21.7 Å². The molecule has 0 N–H and O–H groups in total. The van der Waals surface area contributed by atoms with Gasteiger partial charge in [-0.05, 0) is 72.9 Å². The Bertz CT molecular complexity index is 1390. The number of carbonyl (C=O) groups is 1. The number of fused-ring (bicyclic) bond motifs is 1. The number of pyridine rings is 1. The van der Waals surface area contributed by atoms with E-state index in [1.807, 2.05) is 35.4 Å². The highest BCUT2D eigenvalue weighted by atomic mass is 19.1. The van der Waals surface area contributed by atoms with E-state index >= 15 is 0 Å². The summed E-state index contributed by atoms with van der Waals surface area (Å²) in [6.45, 7) is 1.30. The molecule has 0 aliphatic carbocycles. The predicted molar refractivity (Wildman–Crippen MR) is 138 cm³/mol. The molecule has 1 amide bonds. The van der Waals surface area contributed by atoms with E-state index in [1.165, 1.54) is 23.8 Å². The van der Waals surface area contributed by atoms with Crippen LogP contribution in [0.5, 0.6) is 5.75 Å². The smallest absolute Gasteiger partial charge is 0.246 e. The van der Waals surface area contributed by atoms with Crippen molar-refractivity contribution in [3.05, 3.63) is 95.7 Å². The quantitative estimate of drug-likeness (QED) is 0.337. The maximum absolute atomic E-state index is 13.4. The molecule has 0 unspecified atom stereocenters. The Labute approximate surface area is 210 Å². The number of amides is 1. The second-order valence-electron chi connectivity index (χ2n) is 9.04. The number of rotatable bonds is 7. The minimum atomic E-state index is -0.311. The van der Waals surface area contributed by atoms with Gasteiger partial charge in [0.25, 0.3) is 0 Å². The van der Waals surface area contributed by atoms with Gasteiger partial charge in [-0.25, -0.2) is 14.4 Å². The third kappa shape index (κ3) is 5.30. The van der Waals surface area contributed by atoms with E-state index in [4.69, 9.17) is 9.72 Å². The van der Waals surface area contributed by atoms with Crippen molar-refractivity contribution in [2.24, 2.45) is 0 Å². The Kier molecular flexibility index (Phi) is 7.07. The largest absolute Gasteiger partial charge is 0.497 e. The first-order chi connectivity index (χ1) is 17.6. The summed E-state index contributed by atoms with van der Waals surface area (Å²) in [4.78, 5) is 24.2. The molecule has 6 nitrogen and oxygen atoms in total. The molecular formula is C29H29FN4O2. The Balaban J connectivity index is 1.29. The van der Waals surface area contributed by atoms with Gasteiger partial charge in [0.1, 0.15) is 22.9 Å². The fourth-order valence-electron chi connectivity index (χ4n) is 4.85. The number of aromatic nitrogens is 3. The average molecular weight is 485 g/mol. The Morgan fingerprint density at radius 2 is 1.92 bits per heavy atom. The van der Waals surface area contributed by atoms with Gasteiger partial charge >= 0.3 is 0 Å². The maximum Gasteiger partial charge on any atom is 0.246 e. The minimum Gasteiger partial charge on any atom is -0.497 e. The van der Waals surface area contributed by atoms with Gasteiger partial charge in [0, 0.05) is 37.8 Å². The number of hydrogen-bond acceptors (Lipinski definition) is 4. The van der Waals surface area contributed by atoms with E-state index in [0.717, 1.165) is 48.4 Å². The van der Waals surface area contributed by atoms with Crippen molar-refractivity contribution in [1.29, 1.82) is 0 Å². The monoisotopic (exact) mass is 484 g/mol. The van der Waals surface area contributed by atoms with Crippen molar-refractivity contribution in [1.82, 2.24) is 19.4 Å². The standard InChI is InChI=1S/C29H29FN4O2/c1-36-25-8-3-6-22(20-25)10-12-27-32-26-9-4-16-31-29(26)34(27)24-14-17-33(18-15-24)28(35)13-11-21-5-2-7-23(30)19-21/h2-9,11,13,16,19-20,24H,10,12,14-15,17-18H2,1H3/b13-11+. The molecule has 7 heteroatoms. The lowest BCUT2D eigenvalue weighted by Gasteiger charge is -2.33. The highest BCUT2D eigenvalue weighted by Crippen LogP contribution is 2.29. The van der Waals surface area contributed by atoms with Crippen LogP contribution in [0.15, 0.2) is 72.9 Å². The summed E-state index contributed by atoms with van der Waals surface area (Å²) in [6.07, 6.45) is 8.30. The van der Waals surface area contributed by atoms with Crippen LogP contribution < -0.4 is 4.74 Å². The summed E-state index contributed by atoms with van der Waals surface area (Å²) >= 11 is 0. The molecular weight excluding hydrogens is 455 g/mol. The van der Waals surface area contributed by atoms with Crippen molar-refractivity contribution in [3.8, 4) is 5.75 Å². The number of carbonyl (C=O) groups excluding carboxylic acids is 1. The number of ether oxygens (including phenoxy) is 1. The highest BCUT2D eigenvalue weighted by Gasteiger charge is 2.26. The number of halogens is 1. The van der Waals surface area contributed by atoms with Crippen molar-refractivity contribution in [3.63, 3.8) is 0 Å². The third-order valence-corrected chi connectivity index (χ3v) is 6.70. The van der Waals surface area contributed by atoms with E-state index in [0.29, 0.717) is 18.7 Å². The fraction of sp³-hybridized carbons (Fsp3) is 0.276. The van der Waals surface area contributed by atoms with Crippen LogP contribution in [0, 0.1) is 5.82 Å². The number of hydrogen-bond donors (Lipinski definition) is 0. The van der Waals surface area contributed by atoms with Crippen LogP contribution in [0.3, 0.4) is 0 Å². The van der Waals surface area contributed by atoms with E-state index in [9.17, 15) is 9.18 Å². The lowest BCUT2D eigenvalue weighted by molar-refractivity contribution is -0.127. The maximum atomic E-state index is 13.4. The Morgan fingerprint density at radius 1 is 1.08 bits per heavy atom. The molecule has 0 radical (unpaired) electrons. The van der Waals surface area contributed by atoms with E-state index in [1.54, 1.807) is 25.3 Å². The van der Waals surface area contributed by atoms with Gasteiger partial charge in [-0.2, -0.15) is 0 Å². The molecule has 1 saturated heterocycles. The van der Waals surface area contributed by atoms with Crippen LogP contribution in [0.1, 0.15) is 35.8 Å². The summed E-state index contributed by atoms with van der Waals surface area (Å²) in [5, 5.41) is 0. The van der Waals surface area contributed by atoms with Crippen molar-refractivity contribution in [2.75, 3.05) is 20.2 Å². The molecule has 1 aliphatic rings. The number of likely N-dealkylation sites (tertiary alicyclic amines) is 1. The zero-order chi connectivity index (χ0) is 24.9. The van der Waals surface area contributed by atoms with Gasteiger partial charge in [-0.15, -0.1) is 0 Å². The second-order valence-corrected chi connectivity index (χ2v) is 9.04. The predicted octanol–water partition coefficient (Wildman–Crippen LogP) is 5.24. The van der Waals surface area contributed by atoms with Gasteiger partial charge < -0.3 is 14.2 Å². The van der Waals surface area contributed by atoms with Crippen LogP contribution >= 0.6 is 0 Å². The third-order valence-electron chi connectivity index (χ3n) is 6.70. The second kappa shape index (κ2) is 10.7. The SMILES string of the molecule is COc1cccc(CCc2nc3cccnc3n2C2CCN(C(=O)/C=C/c3cccc(F)c3)CC2)c1. The molecule has 0 spiro atoms. The summed E-state index contributed by atoms with van der Waals surface area (Å²) in [6, 6.07) is 18.5. The number of nitrogens with zero attached hydrogens (tertiary/aromatic N) is 4. The van der Waals surface area contributed by atoms with Crippen LogP contribution in [-0.2, 0) is 17.6 Å². The molecule has 0 atom stereocenters. The van der Waals surface area contributed by atoms with Crippen LogP contribution in [-0.4, -0.2) is 45.5 Å². The van der Waals surface area contributed by atoms with E-state index < -0.39 is 0 Å². The van der Waals surface area contributed by atoms with Crippen LogP contribution in [0.2, 0.25) is 0 Å². The van der Waals surface area contributed by atoms with Crippen molar-refractivity contribution < 1.29 is 13.9 Å². The van der Waals surface area contributed by atoms with Gasteiger partial charge in [0.15, 0.2) is 5.65 Å². The lowest BCUT2D eigenvalue weighted by Crippen LogP contribution is -2.38. The van der Waals surface area contributed by atoms with Gasteiger partial charge in [-0.3, -0.25) is 4.79 Å². The van der Waals surface area contributed by atoms with Crippen molar-refractivity contribution >= 4 is 23.1 Å². The van der Waals surface area contributed by atoms with Gasteiger partial charge in [-0.1, -0.05) is 24.3 Å². The summed E-state index contributed by atoms with van der Waals surface area (Å²) in [5.41, 5.74) is 3.67. The molecule has 1 fully saturated rings. The first kappa shape index (κ1) is 23.7. The summed E-state index contributed by atoms with van der Waals surface area (Å²) < 4.78 is 21.0. The number of piperidine rings is 1. The molecule has 1 aliphatic heterocycles. The molecule has 184 valence electrons. The first-order valence-corrected chi connectivity index (χ1v) is 12.3. The number of methoxy groups -OCH3 is 1. The zero-order valence-corrected chi connectivity index (χ0v) is 20.3. The molecule has 4 aromatic rings. The Morgan fingerprint density at radius 3 is 2.72 bits per heavy atom. The molecule has 36 heavy (non-hydrogen) atoms. The molecule has 2 aromatic heterocycles. The van der Waals surface area contributed by atoms with Crippen LogP contribution in [0.4, 0.5) is 4.39 Å². The van der Waals surface area contributed by atoms with Crippen molar-refractivity contribution in [2.45, 2.75) is 31.7 Å². The summed E-state index contributed by atoms with van der Waals surface area (Å²) in [7, 11) is 1.68. The van der Waals surface area contributed by atoms with E-state index in [-0.39, 0.29) is 17.8 Å². The zero-order valence-electron chi connectivity index (χ0n) is 20.3. The average Bonchev–Trinajstić information content (AvgIpc) is 3.29.